The van der Waals surface area contributed by atoms with Crippen LogP contribution in [0.5, 0.6) is 0 Å². The molecule has 3 unspecified atom stereocenters. The summed E-state index contributed by atoms with van der Waals surface area (Å²) in [6.07, 6.45) is 5.72. The van der Waals surface area contributed by atoms with Crippen LogP contribution in [-0.2, 0) is 14.3 Å². The molecule has 0 bridgehead atoms. The summed E-state index contributed by atoms with van der Waals surface area (Å²) in [7, 11) is 0. The van der Waals surface area contributed by atoms with Crippen molar-refractivity contribution < 1.29 is 19.1 Å². The fourth-order valence-corrected chi connectivity index (χ4v) is 3.74. The maximum absolute atomic E-state index is 14.2. The first-order valence-electron chi connectivity index (χ1n) is 12.2. The van der Waals surface area contributed by atoms with Gasteiger partial charge in [-0.25, -0.2) is 4.79 Å². The second kappa shape index (κ2) is 12.1. The van der Waals surface area contributed by atoms with Crippen molar-refractivity contribution in [2.75, 3.05) is 0 Å². The van der Waals surface area contributed by atoms with Crippen molar-refractivity contribution in [2.24, 2.45) is 5.92 Å². The van der Waals surface area contributed by atoms with E-state index in [0.29, 0.717) is 17.5 Å². The molecule has 0 radical (unpaired) electrons. The lowest BCUT2D eigenvalue weighted by Crippen LogP contribution is -2.60. The highest BCUT2D eigenvalue weighted by molar-refractivity contribution is 5.93. The van der Waals surface area contributed by atoms with Crippen LogP contribution < -0.4 is 10.6 Å². The molecule has 3 atom stereocenters. The third-order valence-electron chi connectivity index (χ3n) is 5.46. The van der Waals surface area contributed by atoms with Crippen LogP contribution in [0.2, 0.25) is 0 Å². The first kappa shape index (κ1) is 30.0. The van der Waals surface area contributed by atoms with Crippen molar-refractivity contribution in [3.05, 3.63) is 35.4 Å². The minimum atomic E-state index is -0.996. The van der Waals surface area contributed by atoms with Gasteiger partial charge < -0.3 is 20.3 Å². The molecule has 0 aliphatic rings. The van der Waals surface area contributed by atoms with Gasteiger partial charge in [0.25, 0.3) is 0 Å². The molecule has 0 heterocycles. The number of carbonyl (C=O) groups excluding carboxylic acids is 3. The molecule has 35 heavy (non-hydrogen) atoms. The molecule has 1 aromatic carbocycles. The average molecular weight is 486 g/mol. The third-order valence-corrected chi connectivity index (χ3v) is 5.46. The zero-order valence-corrected chi connectivity index (χ0v) is 23.0. The molecule has 1 aromatic rings. The second-order valence-corrected chi connectivity index (χ2v) is 11.2. The Morgan fingerprint density at radius 2 is 1.60 bits per heavy atom. The fraction of sp³-hybridized carbons (Fsp3) is 0.607. The summed E-state index contributed by atoms with van der Waals surface area (Å²) in [6, 6.07) is 5.07. The van der Waals surface area contributed by atoms with E-state index in [2.05, 4.69) is 16.6 Å². The van der Waals surface area contributed by atoms with E-state index in [0.717, 1.165) is 0 Å². The third kappa shape index (κ3) is 8.61. The number of rotatable bonds is 8. The summed E-state index contributed by atoms with van der Waals surface area (Å²) in [5, 5.41) is 5.71. The van der Waals surface area contributed by atoms with Crippen LogP contribution in [0.4, 0.5) is 4.79 Å². The molecule has 194 valence electrons. The lowest BCUT2D eigenvalue weighted by atomic mass is 9.90. The van der Waals surface area contributed by atoms with Crippen LogP contribution in [-0.4, -0.2) is 46.0 Å². The van der Waals surface area contributed by atoms with E-state index in [1.54, 1.807) is 45.0 Å². The predicted octanol–water partition coefficient (Wildman–Crippen LogP) is 4.80. The zero-order valence-electron chi connectivity index (χ0n) is 23.0. The van der Waals surface area contributed by atoms with Gasteiger partial charge in [-0.3, -0.25) is 9.59 Å². The number of terminal acetylenes is 1. The average Bonchev–Trinajstić information content (AvgIpc) is 2.72. The normalized spacial score (nSPS) is 14.3. The van der Waals surface area contributed by atoms with Crippen molar-refractivity contribution >= 4 is 17.9 Å². The Labute approximate surface area is 211 Å². The number of hydrogen-bond donors (Lipinski definition) is 2. The van der Waals surface area contributed by atoms with Crippen LogP contribution in [0.3, 0.4) is 0 Å². The number of amides is 3. The monoisotopic (exact) mass is 485 g/mol. The minimum absolute atomic E-state index is 0.148. The Morgan fingerprint density at radius 3 is 2.06 bits per heavy atom. The van der Waals surface area contributed by atoms with Gasteiger partial charge in [-0.2, -0.15) is 0 Å². The van der Waals surface area contributed by atoms with Crippen LogP contribution in [0.1, 0.15) is 92.8 Å². The van der Waals surface area contributed by atoms with Gasteiger partial charge in [-0.1, -0.05) is 44.4 Å². The Hall–Kier alpha value is -3.01. The molecule has 7 heteroatoms. The van der Waals surface area contributed by atoms with Gasteiger partial charge in [0, 0.05) is 17.1 Å². The molecular weight excluding hydrogens is 442 g/mol. The Bertz CT molecular complexity index is 935. The highest BCUT2D eigenvalue weighted by Crippen LogP contribution is 2.33. The Balaban J connectivity index is 3.69. The number of carbonyl (C=O) groups is 3. The molecule has 0 saturated carbocycles. The van der Waals surface area contributed by atoms with Crippen molar-refractivity contribution in [3.63, 3.8) is 0 Å². The molecule has 3 amide bonds. The first-order valence-corrected chi connectivity index (χ1v) is 12.2. The van der Waals surface area contributed by atoms with Crippen molar-refractivity contribution in [1.82, 2.24) is 15.5 Å². The number of benzene rings is 1. The molecule has 0 saturated heterocycles. The first-order chi connectivity index (χ1) is 16.0. The fourth-order valence-electron chi connectivity index (χ4n) is 3.74. The van der Waals surface area contributed by atoms with Gasteiger partial charge in [0.15, 0.2) is 0 Å². The summed E-state index contributed by atoms with van der Waals surface area (Å²) in [6.45, 7) is 18.4. The summed E-state index contributed by atoms with van der Waals surface area (Å²) < 4.78 is 5.43. The number of hydrogen-bond acceptors (Lipinski definition) is 4. The molecule has 2 N–H and O–H groups in total. The quantitative estimate of drug-likeness (QED) is 0.518. The maximum atomic E-state index is 14.2. The minimum Gasteiger partial charge on any atom is -0.444 e. The van der Waals surface area contributed by atoms with E-state index in [1.807, 2.05) is 48.5 Å². The highest BCUT2D eigenvalue weighted by Gasteiger charge is 2.43. The number of nitrogens with zero attached hydrogens (tertiary/aromatic N) is 1. The van der Waals surface area contributed by atoms with Crippen molar-refractivity contribution in [1.29, 1.82) is 0 Å². The summed E-state index contributed by atoms with van der Waals surface area (Å²) in [5.74, 6) is 1.71. The predicted molar refractivity (Wildman–Crippen MR) is 140 cm³/mol. The summed E-state index contributed by atoms with van der Waals surface area (Å²) in [5.41, 5.74) is -0.420. The summed E-state index contributed by atoms with van der Waals surface area (Å²) in [4.78, 5) is 42.0. The molecule has 0 spiro atoms. The SMILES string of the molecule is C#Cc1ccccc1C(C(=O)NC(C)C)N(C(=O)C(NC(=O)OC(C)(C)C)C(C)CC)C(C)(C)C. The largest absolute Gasteiger partial charge is 0.444 e. The second-order valence-electron chi connectivity index (χ2n) is 11.2. The van der Waals surface area contributed by atoms with Crippen LogP contribution >= 0.6 is 0 Å². The Kier molecular flexibility index (Phi) is 10.4. The van der Waals surface area contributed by atoms with E-state index in [9.17, 15) is 14.4 Å². The lowest BCUT2D eigenvalue weighted by molar-refractivity contribution is -0.149. The smallest absolute Gasteiger partial charge is 0.408 e. The van der Waals surface area contributed by atoms with E-state index in [-0.39, 0.29) is 23.8 Å². The maximum Gasteiger partial charge on any atom is 0.408 e. The molecule has 1 rings (SSSR count). The number of alkyl carbamates (subject to hydrolysis) is 1. The molecule has 0 aliphatic heterocycles. The molecule has 0 aliphatic carbocycles. The van der Waals surface area contributed by atoms with Gasteiger partial charge in [-0.05, 0) is 72.9 Å². The molecule has 7 nitrogen and oxygen atoms in total. The lowest BCUT2D eigenvalue weighted by Gasteiger charge is -2.44. The van der Waals surface area contributed by atoms with Crippen molar-refractivity contribution in [3.8, 4) is 12.3 Å². The highest BCUT2D eigenvalue weighted by atomic mass is 16.6. The molecule has 0 aromatic heterocycles. The van der Waals surface area contributed by atoms with Gasteiger partial charge in [0.05, 0.1) is 0 Å². The van der Waals surface area contributed by atoms with Crippen LogP contribution in [0.15, 0.2) is 24.3 Å². The van der Waals surface area contributed by atoms with E-state index in [4.69, 9.17) is 11.2 Å². The molecular formula is C28H43N3O4. The van der Waals surface area contributed by atoms with Gasteiger partial charge in [0.1, 0.15) is 17.7 Å². The van der Waals surface area contributed by atoms with Gasteiger partial charge in [-0.15, -0.1) is 6.42 Å². The Morgan fingerprint density at radius 1 is 1.03 bits per heavy atom. The molecule has 0 fully saturated rings. The van der Waals surface area contributed by atoms with Crippen molar-refractivity contribution in [2.45, 2.75) is 105 Å². The summed E-state index contributed by atoms with van der Waals surface area (Å²) >= 11 is 0. The zero-order chi connectivity index (χ0) is 27.1. The number of nitrogens with one attached hydrogen (secondary N) is 2. The number of ether oxygens (including phenoxy) is 1. The van der Waals surface area contributed by atoms with E-state index < -0.39 is 29.3 Å². The van der Waals surface area contributed by atoms with Crippen LogP contribution in [0.25, 0.3) is 0 Å². The van der Waals surface area contributed by atoms with Crippen LogP contribution in [0, 0.1) is 18.3 Å². The van der Waals surface area contributed by atoms with Gasteiger partial charge >= 0.3 is 6.09 Å². The van der Waals surface area contributed by atoms with E-state index in [1.165, 1.54) is 4.90 Å². The van der Waals surface area contributed by atoms with Gasteiger partial charge in [0.2, 0.25) is 11.8 Å². The standard InChI is InChI=1S/C28H43N3O4/c1-12-19(5)22(30-26(34)35-28(9,10)11)25(33)31(27(6,7)8)23(24(32)29-18(3)4)21-17-15-14-16-20(21)13-2/h2,14-19,22-23H,12H2,1,3-11H3,(H,29,32)(H,30,34). The topological polar surface area (TPSA) is 87.7 Å². The van der Waals surface area contributed by atoms with E-state index >= 15 is 0 Å².